The van der Waals surface area contributed by atoms with Gasteiger partial charge in [-0.2, -0.15) is 16.8 Å². The average Bonchev–Trinajstić information content (AvgIpc) is 3.17. The number of allylic oxidation sites excluding steroid dienone is 4. The number of carbonyl (C=O) groups is 4. The van der Waals surface area contributed by atoms with Crippen LogP contribution in [0, 0.1) is 0 Å². The van der Waals surface area contributed by atoms with E-state index in [2.05, 4.69) is 26.0 Å². The minimum absolute atomic E-state index is 0. The summed E-state index contributed by atoms with van der Waals surface area (Å²) in [7, 11) is -9.68. The number of aliphatic carboxylic acids is 2. The van der Waals surface area contributed by atoms with Gasteiger partial charge in [-0.25, -0.2) is 0 Å². The Morgan fingerprint density at radius 3 is 0.887 bits per heavy atom. The van der Waals surface area contributed by atoms with Gasteiger partial charge in [0.15, 0.2) is 10.5 Å². The summed E-state index contributed by atoms with van der Waals surface area (Å²) in [6.07, 6.45) is 39.1. The molecule has 0 aromatic heterocycles. The molecule has 0 aliphatic rings. The van der Waals surface area contributed by atoms with E-state index in [1.807, 2.05) is 12.2 Å². The summed E-state index contributed by atoms with van der Waals surface area (Å²) in [4.78, 5) is 44.2. The van der Waals surface area contributed by atoms with Crippen LogP contribution in [0.25, 0.3) is 0 Å². The Bertz CT molecular complexity index is 1290. The Hall–Kier alpha value is -0.820. The van der Waals surface area contributed by atoms with Crippen molar-refractivity contribution in [1.82, 2.24) is 0 Å². The molecule has 2 unspecified atom stereocenters. The van der Waals surface area contributed by atoms with E-state index in [4.69, 9.17) is 18.6 Å². The smallest absolute Gasteiger partial charge is 0.550 e. The third-order valence-corrected chi connectivity index (χ3v) is 11.9. The quantitative estimate of drug-likeness (QED) is 0.0294. The molecular formula is C44H78Na2O14S2. The molecule has 62 heavy (non-hydrogen) atoms. The molecule has 2 N–H and O–H groups in total. The second-order valence-electron chi connectivity index (χ2n) is 15.4. The van der Waals surface area contributed by atoms with E-state index in [0.717, 1.165) is 25.7 Å². The predicted octanol–water partition coefficient (Wildman–Crippen LogP) is 1.94. The molecule has 352 valence electrons. The van der Waals surface area contributed by atoms with Crippen LogP contribution in [0.5, 0.6) is 0 Å². The van der Waals surface area contributed by atoms with Crippen molar-refractivity contribution in [3.05, 3.63) is 24.3 Å². The summed E-state index contributed by atoms with van der Waals surface area (Å²) in [6, 6.07) is 0. The first kappa shape index (κ1) is 67.8. The van der Waals surface area contributed by atoms with Gasteiger partial charge in [-0.1, -0.05) is 167 Å². The fourth-order valence-electron chi connectivity index (χ4n) is 6.18. The number of carbonyl (C=O) groups excluding carboxylic acids is 4. The summed E-state index contributed by atoms with van der Waals surface area (Å²) < 4.78 is 71.5. The Labute approximate surface area is 419 Å². The first-order chi connectivity index (χ1) is 28.6. The molecule has 0 aliphatic heterocycles. The van der Waals surface area contributed by atoms with Crippen molar-refractivity contribution in [1.29, 1.82) is 0 Å². The average molecular weight is 941 g/mol. The second kappa shape index (κ2) is 46.7. The SMILES string of the molecule is CCCCCCCCCCCCCC=CCCCOC(=O)C(CC(=O)[O-])S(=O)(=O)O.CCCCCCCCCCCCCC=CCCCOC(=O)C(CC(=O)[O-])S(=O)(=O)O.[Na+].[Na+]. The van der Waals surface area contributed by atoms with Crippen LogP contribution in [0.15, 0.2) is 24.3 Å². The second-order valence-corrected chi connectivity index (χ2v) is 18.6. The molecule has 0 aromatic rings. The van der Waals surface area contributed by atoms with Crippen molar-refractivity contribution in [3.8, 4) is 0 Å². The molecule has 0 rings (SSSR count). The Kier molecular flexibility index (Phi) is 51.0. The zero-order chi connectivity index (χ0) is 45.3. The van der Waals surface area contributed by atoms with Crippen molar-refractivity contribution >= 4 is 44.1 Å². The molecule has 0 aliphatic carbocycles. The normalized spacial score (nSPS) is 12.5. The third-order valence-electron chi connectivity index (χ3n) is 9.75. The fourth-order valence-corrected chi connectivity index (χ4v) is 7.50. The molecule has 0 amide bonds. The van der Waals surface area contributed by atoms with Gasteiger partial charge in [-0.05, 0) is 51.4 Å². The summed E-state index contributed by atoms with van der Waals surface area (Å²) in [5.41, 5.74) is 0. The van der Waals surface area contributed by atoms with Crippen LogP contribution in [0.3, 0.4) is 0 Å². The maximum absolute atomic E-state index is 11.6. The zero-order valence-electron chi connectivity index (χ0n) is 38.7. The minimum Gasteiger partial charge on any atom is -0.550 e. The number of carboxylic acid groups (broad SMARTS) is 2. The van der Waals surface area contributed by atoms with Gasteiger partial charge < -0.3 is 29.3 Å². The van der Waals surface area contributed by atoms with Crippen LogP contribution in [0.1, 0.15) is 206 Å². The first-order valence-corrected chi connectivity index (χ1v) is 25.5. The molecule has 0 aromatic carbocycles. The van der Waals surface area contributed by atoms with Crippen molar-refractivity contribution in [2.45, 2.75) is 217 Å². The number of unbranched alkanes of at least 4 members (excludes halogenated alkanes) is 24. The first-order valence-electron chi connectivity index (χ1n) is 22.5. The number of carboxylic acids is 2. The van der Waals surface area contributed by atoms with E-state index in [0.29, 0.717) is 25.7 Å². The van der Waals surface area contributed by atoms with Gasteiger partial charge in [0.25, 0.3) is 20.2 Å². The maximum atomic E-state index is 11.6. The Balaban J connectivity index is -0.000000526. The summed E-state index contributed by atoms with van der Waals surface area (Å²) in [6.45, 7) is 4.39. The van der Waals surface area contributed by atoms with Crippen molar-refractivity contribution < 1.29 is 124 Å². The number of ether oxygens (including phenoxy) is 2. The monoisotopic (exact) mass is 940 g/mol. The van der Waals surface area contributed by atoms with E-state index < -0.39 is 67.5 Å². The fraction of sp³-hybridized carbons (Fsp3) is 0.818. The van der Waals surface area contributed by atoms with Crippen molar-refractivity contribution in [3.63, 3.8) is 0 Å². The Morgan fingerprint density at radius 2 is 0.661 bits per heavy atom. The zero-order valence-corrected chi connectivity index (χ0v) is 44.3. The third kappa shape index (κ3) is 47.2. The van der Waals surface area contributed by atoms with E-state index in [1.165, 1.54) is 128 Å². The number of hydrogen-bond acceptors (Lipinski definition) is 12. The van der Waals surface area contributed by atoms with Crippen LogP contribution in [0.2, 0.25) is 0 Å². The topological polar surface area (TPSA) is 242 Å². The van der Waals surface area contributed by atoms with Gasteiger partial charge in [-0.15, -0.1) is 0 Å². The molecule has 0 radical (unpaired) electrons. The van der Waals surface area contributed by atoms with Gasteiger partial charge in [-0.3, -0.25) is 18.7 Å². The molecule has 0 spiro atoms. The van der Waals surface area contributed by atoms with Crippen molar-refractivity contribution in [2.75, 3.05) is 13.2 Å². The molecule has 14 nitrogen and oxygen atoms in total. The van der Waals surface area contributed by atoms with Gasteiger partial charge in [0.1, 0.15) is 0 Å². The van der Waals surface area contributed by atoms with Crippen molar-refractivity contribution in [2.24, 2.45) is 0 Å². The molecular weight excluding hydrogens is 863 g/mol. The predicted molar refractivity (Wildman–Crippen MR) is 231 cm³/mol. The standard InChI is InChI=1S/2C22H40O7S.2Na/c2*1-2-3-4-5-6-7-8-9-10-11-12-13-14-15-16-17-18-29-22(25)20(19-21(23)24)30(26,27)28;;/h2*14-15,20H,2-13,16-19H2,1H3,(H,23,24)(H,26,27,28);;/q;;2*+1/p-2. The van der Waals surface area contributed by atoms with Crippen LogP contribution in [0.4, 0.5) is 0 Å². The molecule has 0 fully saturated rings. The van der Waals surface area contributed by atoms with E-state index in [-0.39, 0.29) is 72.3 Å². The summed E-state index contributed by atoms with van der Waals surface area (Å²) >= 11 is 0. The van der Waals surface area contributed by atoms with Gasteiger partial charge >= 0.3 is 71.1 Å². The number of esters is 2. The summed E-state index contributed by atoms with van der Waals surface area (Å²) in [5, 5.41) is 16.7. The molecule has 18 heteroatoms. The molecule has 2 atom stereocenters. The van der Waals surface area contributed by atoms with E-state index in [1.54, 1.807) is 0 Å². The summed E-state index contributed by atoms with van der Waals surface area (Å²) in [5.74, 6) is -6.04. The van der Waals surface area contributed by atoms with Gasteiger partial charge in [0, 0.05) is 24.8 Å². The molecule has 0 bridgehead atoms. The van der Waals surface area contributed by atoms with Crippen LogP contribution >= 0.6 is 0 Å². The Morgan fingerprint density at radius 1 is 0.435 bits per heavy atom. The molecule has 0 heterocycles. The number of hydrogen-bond donors (Lipinski definition) is 2. The minimum atomic E-state index is -4.84. The largest absolute Gasteiger partial charge is 1.00 e. The van der Waals surface area contributed by atoms with Crippen LogP contribution in [-0.2, 0) is 48.9 Å². The maximum Gasteiger partial charge on any atom is 1.00 e. The van der Waals surface area contributed by atoms with E-state index in [9.17, 15) is 46.2 Å². The van der Waals surface area contributed by atoms with Crippen LogP contribution in [-0.4, -0.2) is 73.5 Å². The van der Waals surface area contributed by atoms with Gasteiger partial charge in [0.2, 0.25) is 0 Å². The van der Waals surface area contributed by atoms with Crippen LogP contribution < -0.4 is 69.3 Å². The van der Waals surface area contributed by atoms with E-state index >= 15 is 0 Å². The van der Waals surface area contributed by atoms with Gasteiger partial charge in [0.05, 0.1) is 13.2 Å². The molecule has 0 saturated carbocycles. The number of rotatable bonds is 40. The molecule has 0 saturated heterocycles.